The van der Waals surface area contributed by atoms with Gasteiger partial charge in [0, 0.05) is 19.5 Å². The van der Waals surface area contributed by atoms with Crippen molar-refractivity contribution in [2.24, 2.45) is 0 Å². The van der Waals surface area contributed by atoms with E-state index in [0.717, 1.165) is 36.6 Å². The Morgan fingerprint density at radius 3 is 2.81 bits per heavy atom. The molecule has 1 aliphatic heterocycles. The molecule has 0 amide bonds. The molecule has 0 spiro atoms. The molecular weight excluding hydrogens is 342 g/mol. The van der Waals surface area contributed by atoms with Gasteiger partial charge in [0.1, 0.15) is 11.6 Å². The number of fused-ring (bicyclic) bond motifs is 1. The van der Waals surface area contributed by atoms with Crippen LogP contribution in [0, 0.1) is 0 Å². The summed E-state index contributed by atoms with van der Waals surface area (Å²) in [6, 6.07) is 9.42. The Kier molecular flexibility index (Phi) is 5.22. The molecule has 1 unspecified atom stereocenters. The first-order valence-corrected chi connectivity index (χ1v) is 9.26. The molecule has 7 heteroatoms. The molecule has 3 heterocycles. The van der Waals surface area contributed by atoms with Crippen LogP contribution in [0.25, 0.3) is 10.9 Å². The Hall–Kier alpha value is -2.64. The first-order chi connectivity index (χ1) is 13.3. The van der Waals surface area contributed by atoms with Crippen LogP contribution in [-0.2, 0) is 17.8 Å². The number of likely N-dealkylation sites (tertiary alicyclic amines) is 1. The van der Waals surface area contributed by atoms with Gasteiger partial charge in [0.25, 0.3) is 5.56 Å². The molecule has 1 aliphatic rings. The van der Waals surface area contributed by atoms with E-state index in [0.29, 0.717) is 25.1 Å². The van der Waals surface area contributed by atoms with Crippen LogP contribution in [0.2, 0.25) is 0 Å². The molecular formula is C20H23N5O2. The van der Waals surface area contributed by atoms with Crippen molar-refractivity contribution in [3.63, 3.8) is 0 Å². The Balaban J connectivity index is 1.75. The van der Waals surface area contributed by atoms with E-state index in [9.17, 15) is 4.79 Å². The number of aromatic nitrogens is 4. The van der Waals surface area contributed by atoms with Gasteiger partial charge in [0.05, 0.1) is 36.6 Å². The molecule has 140 valence electrons. The van der Waals surface area contributed by atoms with Crippen LogP contribution < -0.4 is 5.56 Å². The normalized spacial score (nSPS) is 17.6. The van der Waals surface area contributed by atoms with E-state index in [1.807, 2.05) is 30.3 Å². The average Bonchev–Trinajstić information content (AvgIpc) is 3.16. The fourth-order valence-electron chi connectivity index (χ4n) is 3.74. The molecule has 1 fully saturated rings. The van der Waals surface area contributed by atoms with Crippen LogP contribution in [0.15, 0.2) is 47.5 Å². The molecule has 0 saturated carbocycles. The first-order valence-electron chi connectivity index (χ1n) is 9.26. The van der Waals surface area contributed by atoms with Crippen LogP contribution in [0.5, 0.6) is 0 Å². The van der Waals surface area contributed by atoms with Crippen molar-refractivity contribution in [3.05, 3.63) is 64.7 Å². The summed E-state index contributed by atoms with van der Waals surface area (Å²) in [5.74, 6) is 1.60. The third-order valence-corrected chi connectivity index (χ3v) is 5.04. The van der Waals surface area contributed by atoms with Gasteiger partial charge in [-0.2, -0.15) is 0 Å². The number of hydrogen-bond acceptors (Lipinski definition) is 6. The summed E-state index contributed by atoms with van der Waals surface area (Å²) < 4.78 is 7.01. The quantitative estimate of drug-likeness (QED) is 0.667. The van der Waals surface area contributed by atoms with Gasteiger partial charge in [-0.3, -0.25) is 14.3 Å². The van der Waals surface area contributed by atoms with Crippen molar-refractivity contribution >= 4 is 10.9 Å². The highest BCUT2D eigenvalue weighted by atomic mass is 16.5. The summed E-state index contributed by atoms with van der Waals surface area (Å²) >= 11 is 0. The molecule has 7 nitrogen and oxygen atoms in total. The highest BCUT2D eigenvalue weighted by Crippen LogP contribution is 2.32. The Morgan fingerprint density at radius 1 is 1.19 bits per heavy atom. The maximum atomic E-state index is 13.1. The van der Waals surface area contributed by atoms with Gasteiger partial charge >= 0.3 is 0 Å². The lowest BCUT2D eigenvalue weighted by molar-refractivity contribution is 0.178. The molecule has 1 aromatic carbocycles. The molecule has 2 aromatic heterocycles. The summed E-state index contributed by atoms with van der Waals surface area (Å²) in [5, 5.41) is 0.647. The zero-order valence-corrected chi connectivity index (χ0v) is 15.4. The number of benzene rings is 1. The number of ether oxygens (including phenoxy) is 1. The van der Waals surface area contributed by atoms with Gasteiger partial charge in [-0.1, -0.05) is 12.1 Å². The average molecular weight is 365 g/mol. The van der Waals surface area contributed by atoms with Crippen molar-refractivity contribution in [1.82, 2.24) is 24.4 Å². The van der Waals surface area contributed by atoms with E-state index in [-0.39, 0.29) is 11.6 Å². The van der Waals surface area contributed by atoms with Crippen LogP contribution in [0.4, 0.5) is 0 Å². The van der Waals surface area contributed by atoms with Gasteiger partial charge in [-0.05, 0) is 37.6 Å². The predicted octanol–water partition coefficient (Wildman–Crippen LogP) is 2.17. The Labute approximate surface area is 157 Å². The van der Waals surface area contributed by atoms with Crippen LogP contribution >= 0.6 is 0 Å². The maximum Gasteiger partial charge on any atom is 0.261 e. The molecule has 0 N–H and O–H groups in total. The summed E-state index contributed by atoms with van der Waals surface area (Å²) in [7, 11) is 1.65. The predicted molar refractivity (Wildman–Crippen MR) is 102 cm³/mol. The van der Waals surface area contributed by atoms with E-state index in [4.69, 9.17) is 9.72 Å². The van der Waals surface area contributed by atoms with Crippen molar-refractivity contribution in [2.75, 3.05) is 20.3 Å². The minimum atomic E-state index is -0.00420. The third-order valence-electron chi connectivity index (χ3n) is 5.04. The van der Waals surface area contributed by atoms with Gasteiger partial charge in [0.15, 0.2) is 0 Å². The number of hydrogen-bond donors (Lipinski definition) is 0. The second kappa shape index (κ2) is 7.94. The Bertz CT molecular complexity index is 973. The fraction of sp³-hybridized carbons (Fsp3) is 0.400. The highest BCUT2D eigenvalue weighted by molar-refractivity contribution is 5.77. The van der Waals surface area contributed by atoms with E-state index in [1.165, 1.54) is 0 Å². The Morgan fingerprint density at radius 2 is 2.00 bits per heavy atom. The lowest BCUT2D eigenvalue weighted by Crippen LogP contribution is -2.33. The van der Waals surface area contributed by atoms with Crippen molar-refractivity contribution in [2.45, 2.75) is 32.0 Å². The van der Waals surface area contributed by atoms with Crippen molar-refractivity contribution in [1.29, 1.82) is 0 Å². The van der Waals surface area contributed by atoms with Gasteiger partial charge in [-0.15, -0.1) is 0 Å². The summed E-state index contributed by atoms with van der Waals surface area (Å²) in [5.41, 5.74) is 0.740. The molecule has 27 heavy (non-hydrogen) atoms. The summed E-state index contributed by atoms with van der Waals surface area (Å²) in [4.78, 5) is 29.0. The van der Waals surface area contributed by atoms with E-state index in [1.54, 1.807) is 24.1 Å². The molecule has 0 radical (unpaired) electrons. The van der Waals surface area contributed by atoms with Crippen molar-refractivity contribution < 1.29 is 4.74 Å². The second-order valence-corrected chi connectivity index (χ2v) is 6.73. The number of nitrogens with zero attached hydrogens (tertiary/aromatic N) is 5. The zero-order valence-electron chi connectivity index (χ0n) is 15.4. The standard InChI is InChI=1S/C20H23N5O2/c1-27-13-12-25-19(23-16-7-3-2-6-15(16)20(25)26)17-8-4-11-24(17)14-18-21-9-5-10-22-18/h2-3,5-7,9-10,17H,4,8,11-14H2,1H3. The lowest BCUT2D eigenvalue weighted by Gasteiger charge is -2.26. The number of para-hydroxylation sites is 1. The minimum absolute atomic E-state index is 0.00420. The molecule has 0 aliphatic carbocycles. The second-order valence-electron chi connectivity index (χ2n) is 6.73. The maximum absolute atomic E-state index is 13.1. The van der Waals surface area contributed by atoms with Crippen LogP contribution in [0.1, 0.15) is 30.5 Å². The molecule has 4 rings (SSSR count). The molecule has 3 aromatic rings. The first kappa shape index (κ1) is 17.8. The fourth-order valence-corrected chi connectivity index (χ4v) is 3.74. The van der Waals surface area contributed by atoms with E-state index >= 15 is 0 Å². The molecule has 1 saturated heterocycles. The topological polar surface area (TPSA) is 73.1 Å². The number of rotatable bonds is 6. The van der Waals surface area contributed by atoms with Crippen molar-refractivity contribution in [3.8, 4) is 0 Å². The smallest absolute Gasteiger partial charge is 0.261 e. The summed E-state index contributed by atoms with van der Waals surface area (Å²) in [6.45, 7) is 2.56. The molecule has 1 atom stereocenters. The lowest BCUT2D eigenvalue weighted by atomic mass is 10.1. The highest BCUT2D eigenvalue weighted by Gasteiger charge is 2.30. The minimum Gasteiger partial charge on any atom is -0.383 e. The van der Waals surface area contributed by atoms with Gasteiger partial charge in [0.2, 0.25) is 0 Å². The van der Waals surface area contributed by atoms with Gasteiger partial charge < -0.3 is 4.74 Å². The van der Waals surface area contributed by atoms with Gasteiger partial charge in [-0.25, -0.2) is 15.0 Å². The van der Waals surface area contributed by atoms with E-state index in [2.05, 4.69) is 14.9 Å². The SMILES string of the molecule is COCCn1c(C2CCCN2Cc2ncccn2)nc2ccccc2c1=O. The van der Waals surface area contributed by atoms with Crippen LogP contribution in [-0.4, -0.2) is 44.7 Å². The number of methoxy groups -OCH3 is 1. The zero-order chi connectivity index (χ0) is 18.6. The summed E-state index contributed by atoms with van der Waals surface area (Å²) in [6.07, 6.45) is 5.54. The monoisotopic (exact) mass is 365 g/mol. The molecule has 0 bridgehead atoms. The third kappa shape index (κ3) is 3.61. The van der Waals surface area contributed by atoms with E-state index < -0.39 is 0 Å². The van der Waals surface area contributed by atoms with Crippen LogP contribution in [0.3, 0.4) is 0 Å². The largest absolute Gasteiger partial charge is 0.383 e.